The molecule has 1 heterocycles. The van der Waals surface area contributed by atoms with Crippen LogP contribution in [-0.2, 0) is 6.54 Å². The first kappa shape index (κ1) is 15.8. The van der Waals surface area contributed by atoms with Gasteiger partial charge in [0.05, 0.1) is 0 Å². The van der Waals surface area contributed by atoms with Crippen LogP contribution in [0.2, 0.25) is 0 Å². The van der Waals surface area contributed by atoms with Crippen LogP contribution in [0.1, 0.15) is 25.8 Å². The van der Waals surface area contributed by atoms with E-state index in [4.69, 9.17) is 0 Å². The molecular weight excluding hydrogens is 316 g/mol. The molecule has 1 saturated heterocycles. The van der Waals surface area contributed by atoms with Crippen molar-refractivity contribution in [2.45, 2.75) is 26.8 Å². The molecule has 112 valence electrons. The first-order valence-corrected chi connectivity index (χ1v) is 8.24. The summed E-state index contributed by atoms with van der Waals surface area (Å²) in [5, 5.41) is 12.8. The van der Waals surface area contributed by atoms with Crippen LogP contribution in [-0.4, -0.2) is 31.3 Å². The third-order valence-electron chi connectivity index (χ3n) is 3.79. The van der Waals surface area contributed by atoms with Crippen molar-refractivity contribution in [3.63, 3.8) is 0 Å². The van der Waals surface area contributed by atoms with Crippen LogP contribution in [0.3, 0.4) is 0 Å². The SMILES string of the molecule is CC(C)CNCc1cc(Br)ccc1N1CCC(CO)C1. The molecule has 4 heteroatoms. The molecule has 0 aliphatic carbocycles. The molecule has 3 nitrogen and oxygen atoms in total. The van der Waals surface area contributed by atoms with Gasteiger partial charge >= 0.3 is 0 Å². The van der Waals surface area contributed by atoms with Gasteiger partial charge in [-0.05, 0) is 42.6 Å². The summed E-state index contributed by atoms with van der Waals surface area (Å²) in [5.74, 6) is 1.09. The van der Waals surface area contributed by atoms with Gasteiger partial charge < -0.3 is 15.3 Å². The third-order valence-corrected chi connectivity index (χ3v) is 4.29. The van der Waals surface area contributed by atoms with Crippen molar-refractivity contribution in [3.8, 4) is 0 Å². The van der Waals surface area contributed by atoms with Gasteiger partial charge in [-0.2, -0.15) is 0 Å². The Kier molecular flexibility index (Phi) is 5.87. The van der Waals surface area contributed by atoms with E-state index in [9.17, 15) is 5.11 Å². The minimum Gasteiger partial charge on any atom is -0.396 e. The van der Waals surface area contributed by atoms with E-state index < -0.39 is 0 Å². The van der Waals surface area contributed by atoms with E-state index in [0.717, 1.165) is 37.1 Å². The molecular formula is C16H25BrN2O. The lowest BCUT2D eigenvalue weighted by Crippen LogP contribution is -2.24. The zero-order valence-electron chi connectivity index (χ0n) is 12.4. The van der Waals surface area contributed by atoms with Crippen LogP contribution >= 0.6 is 15.9 Å². The largest absolute Gasteiger partial charge is 0.396 e. The first-order valence-electron chi connectivity index (χ1n) is 7.45. The van der Waals surface area contributed by atoms with Crippen LogP contribution in [0, 0.1) is 11.8 Å². The van der Waals surface area contributed by atoms with Gasteiger partial charge in [0.1, 0.15) is 0 Å². The third kappa shape index (κ3) is 4.21. The zero-order chi connectivity index (χ0) is 14.5. The molecule has 0 spiro atoms. The Morgan fingerprint density at radius 3 is 2.90 bits per heavy atom. The molecule has 1 unspecified atom stereocenters. The second-order valence-corrected chi connectivity index (χ2v) is 7.00. The normalized spacial score (nSPS) is 19.1. The predicted molar refractivity (Wildman–Crippen MR) is 88.1 cm³/mol. The lowest BCUT2D eigenvalue weighted by molar-refractivity contribution is 0.238. The molecule has 2 N–H and O–H groups in total. The Morgan fingerprint density at radius 1 is 1.45 bits per heavy atom. The monoisotopic (exact) mass is 340 g/mol. The lowest BCUT2D eigenvalue weighted by atomic mass is 10.1. The number of nitrogens with one attached hydrogen (secondary N) is 1. The summed E-state index contributed by atoms with van der Waals surface area (Å²) in [6, 6.07) is 6.50. The maximum absolute atomic E-state index is 9.30. The van der Waals surface area contributed by atoms with Gasteiger partial charge in [0.25, 0.3) is 0 Å². The maximum atomic E-state index is 9.30. The Balaban J connectivity index is 2.07. The molecule has 1 aliphatic rings. The number of aliphatic hydroxyl groups is 1. The Labute approximate surface area is 130 Å². The molecule has 0 saturated carbocycles. The van der Waals surface area contributed by atoms with Crippen molar-refractivity contribution in [1.29, 1.82) is 0 Å². The molecule has 0 amide bonds. The van der Waals surface area contributed by atoms with Crippen molar-refractivity contribution in [2.75, 3.05) is 31.1 Å². The average molecular weight is 341 g/mol. The molecule has 0 aromatic heterocycles. The van der Waals surface area contributed by atoms with E-state index >= 15 is 0 Å². The van der Waals surface area contributed by atoms with Gasteiger partial charge in [-0.1, -0.05) is 29.8 Å². The molecule has 1 aliphatic heterocycles. The van der Waals surface area contributed by atoms with E-state index in [2.05, 4.69) is 58.2 Å². The fraction of sp³-hybridized carbons (Fsp3) is 0.625. The summed E-state index contributed by atoms with van der Waals surface area (Å²) < 4.78 is 1.13. The molecule has 20 heavy (non-hydrogen) atoms. The second-order valence-electron chi connectivity index (χ2n) is 6.08. The van der Waals surface area contributed by atoms with E-state index in [1.54, 1.807) is 0 Å². The number of halogens is 1. The quantitative estimate of drug-likeness (QED) is 0.835. The van der Waals surface area contributed by atoms with E-state index in [0.29, 0.717) is 18.4 Å². The van der Waals surface area contributed by atoms with Gasteiger partial charge in [0.2, 0.25) is 0 Å². The van der Waals surface area contributed by atoms with Crippen LogP contribution < -0.4 is 10.2 Å². The number of nitrogens with zero attached hydrogens (tertiary/aromatic N) is 1. The summed E-state index contributed by atoms with van der Waals surface area (Å²) in [6.07, 6.45) is 1.09. The predicted octanol–water partition coefficient (Wildman–Crippen LogP) is 3.01. The average Bonchev–Trinajstić information content (AvgIpc) is 2.87. The van der Waals surface area contributed by atoms with Gasteiger partial charge in [-0.15, -0.1) is 0 Å². The number of aliphatic hydroxyl groups excluding tert-OH is 1. The Morgan fingerprint density at radius 2 is 2.25 bits per heavy atom. The molecule has 0 bridgehead atoms. The number of anilines is 1. The van der Waals surface area contributed by atoms with Crippen LogP contribution in [0.15, 0.2) is 22.7 Å². The summed E-state index contributed by atoms with van der Waals surface area (Å²) in [6.45, 7) is 8.69. The molecule has 1 aromatic carbocycles. The fourth-order valence-corrected chi connectivity index (χ4v) is 3.11. The van der Waals surface area contributed by atoms with E-state index in [-0.39, 0.29) is 0 Å². The van der Waals surface area contributed by atoms with Crippen molar-refractivity contribution < 1.29 is 5.11 Å². The maximum Gasteiger partial charge on any atom is 0.0476 e. The van der Waals surface area contributed by atoms with Crippen LogP contribution in [0.5, 0.6) is 0 Å². The summed E-state index contributed by atoms with van der Waals surface area (Å²) in [5.41, 5.74) is 2.64. The number of rotatable bonds is 6. The highest BCUT2D eigenvalue weighted by molar-refractivity contribution is 9.10. The summed E-state index contributed by atoms with van der Waals surface area (Å²) >= 11 is 3.56. The van der Waals surface area contributed by atoms with Crippen LogP contribution in [0.25, 0.3) is 0 Å². The van der Waals surface area contributed by atoms with Crippen molar-refractivity contribution in [3.05, 3.63) is 28.2 Å². The Hall–Kier alpha value is -0.580. The van der Waals surface area contributed by atoms with Crippen molar-refractivity contribution >= 4 is 21.6 Å². The number of hydrogen-bond acceptors (Lipinski definition) is 3. The highest BCUT2D eigenvalue weighted by atomic mass is 79.9. The first-order chi connectivity index (χ1) is 9.60. The van der Waals surface area contributed by atoms with Gasteiger partial charge in [-0.3, -0.25) is 0 Å². The Bertz CT molecular complexity index is 436. The topological polar surface area (TPSA) is 35.5 Å². The molecule has 2 rings (SSSR count). The smallest absolute Gasteiger partial charge is 0.0476 e. The van der Waals surface area contributed by atoms with E-state index in [1.165, 1.54) is 11.3 Å². The standard InChI is InChI=1S/C16H25BrN2O/c1-12(2)8-18-9-14-7-15(17)3-4-16(14)19-6-5-13(10-19)11-20/h3-4,7,12-13,18,20H,5-6,8-11H2,1-2H3. The highest BCUT2D eigenvalue weighted by Crippen LogP contribution is 2.29. The molecule has 1 aromatic rings. The van der Waals surface area contributed by atoms with Crippen LogP contribution in [0.4, 0.5) is 5.69 Å². The number of hydrogen-bond donors (Lipinski definition) is 2. The second kappa shape index (κ2) is 7.43. The molecule has 1 fully saturated rings. The minimum absolute atomic E-state index is 0.300. The van der Waals surface area contributed by atoms with Gasteiger partial charge in [-0.25, -0.2) is 0 Å². The lowest BCUT2D eigenvalue weighted by Gasteiger charge is -2.23. The molecule has 1 atom stereocenters. The van der Waals surface area contributed by atoms with Crippen molar-refractivity contribution in [1.82, 2.24) is 5.32 Å². The highest BCUT2D eigenvalue weighted by Gasteiger charge is 2.23. The van der Waals surface area contributed by atoms with E-state index in [1.807, 2.05) is 0 Å². The summed E-state index contributed by atoms with van der Waals surface area (Å²) in [4.78, 5) is 2.40. The van der Waals surface area contributed by atoms with Gasteiger partial charge in [0, 0.05) is 42.3 Å². The molecule has 0 radical (unpaired) electrons. The summed E-state index contributed by atoms with van der Waals surface area (Å²) in [7, 11) is 0. The zero-order valence-corrected chi connectivity index (χ0v) is 14.0. The number of benzene rings is 1. The fourth-order valence-electron chi connectivity index (χ4n) is 2.70. The van der Waals surface area contributed by atoms with Gasteiger partial charge in [0.15, 0.2) is 0 Å². The van der Waals surface area contributed by atoms with Crippen molar-refractivity contribution in [2.24, 2.45) is 11.8 Å². The minimum atomic E-state index is 0.300.